The normalized spacial score (nSPS) is 7.64. The van der Waals surface area contributed by atoms with Crippen LogP contribution in [0.1, 0.15) is 20.7 Å². The molecule has 6 nitrogen and oxygen atoms in total. The molecule has 0 saturated carbocycles. The average Bonchev–Trinajstić information content (AvgIpc) is 2.50. The highest BCUT2D eigenvalue weighted by molar-refractivity contribution is 5.93. The maximum atomic E-state index is 10.4. The van der Waals surface area contributed by atoms with Gasteiger partial charge in [0.1, 0.15) is 0 Å². The summed E-state index contributed by atoms with van der Waals surface area (Å²) in [6, 6.07) is 5.20. The van der Waals surface area contributed by atoms with Crippen molar-refractivity contribution in [1.82, 2.24) is 0 Å². The Bertz CT molecular complexity index is 464. The number of hydrogen-bond donors (Lipinski definition) is 2. The van der Waals surface area contributed by atoms with E-state index in [1.165, 1.54) is 43.2 Å². The predicted octanol–water partition coefficient (Wildman–Crippen LogP) is 3.66. The fourth-order valence-electron chi connectivity index (χ4n) is 0.921. The van der Waals surface area contributed by atoms with E-state index >= 15 is 0 Å². The number of carboxylic acids is 2. The fraction of sp³-hybridized carbons (Fsp3) is 0. The Labute approximate surface area is 128 Å². The second kappa shape index (κ2) is 14.1. The minimum atomic E-state index is -1.13. The van der Waals surface area contributed by atoms with E-state index in [4.69, 9.17) is 10.2 Å². The summed E-state index contributed by atoms with van der Waals surface area (Å²) in [5.74, 6) is -2.25. The number of carboxylic acid groups (broad SMARTS) is 2. The monoisotopic (exact) mass is 306 g/mol. The van der Waals surface area contributed by atoms with Gasteiger partial charge in [0, 0.05) is 0 Å². The molecule has 1 aromatic rings. The third-order valence-corrected chi connectivity index (χ3v) is 1.74. The first-order valence-corrected chi connectivity index (χ1v) is 5.75. The Kier molecular flexibility index (Phi) is 13.5. The van der Waals surface area contributed by atoms with Crippen molar-refractivity contribution in [1.29, 1.82) is 0 Å². The first-order chi connectivity index (χ1) is 10.4. The Morgan fingerprint density at radius 2 is 1.14 bits per heavy atom. The third-order valence-electron chi connectivity index (χ3n) is 1.74. The van der Waals surface area contributed by atoms with Crippen molar-refractivity contribution in [3.8, 4) is 0 Å². The van der Waals surface area contributed by atoms with Crippen molar-refractivity contribution in [2.75, 3.05) is 0 Å². The van der Waals surface area contributed by atoms with Gasteiger partial charge in [-0.25, -0.2) is 9.59 Å². The van der Waals surface area contributed by atoms with Gasteiger partial charge in [-0.15, -0.1) is 0 Å². The van der Waals surface area contributed by atoms with Gasteiger partial charge in [0.25, 0.3) is 0 Å². The smallest absolute Gasteiger partial charge is 0.335 e. The lowest BCUT2D eigenvalue weighted by Crippen LogP contribution is -2.01. The topological polar surface area (TPSA) is 93.1 Å². The summed E-state index contributed by atoms with van der Waals surface area (Å²) in [6.07, 6.45) is 5.25. The number of aromatic carboxylic acids is 2. The number of carbonyl (C=O) groups is 2. The van der Waals surface area contributed by atoms with Gasteiger partial charge in [0.2, 0.25) is 0 Å². The summed E-state index contributed by atoms with van der Waals surface area (Å²) < 4.78 is 8.72. The van der Waals surface area contributed by atoms with E-state index < -0.39 is 11.9 Å². The molecule has 1 aromatic carbocycles. The van der Waals surface area contributed by atoms with Crippen molar-refractivity contribution in [3.63, 3.8) is 0 Å². The summed E-state index contributed by atoms with van der Waals surface area (Å²) in [5, 5.41) is 17.0. The van der Waals surface area contributed by atoms with Crippen LogP contribution in [0.4, 0.5) is 0 Å². The zero-order valence-corrected chi connectivity index (χ0v) is 12.0. The maximum absolute atomic E-state index is 10.4. The summed E-state index contributed by atoms with van der Waals surface area (Å²) >= 11 is 0. The second-order valence-electron chi connectivity index (χ2n) is 3.13. The molecule has 2 N–H and O–H groups in total. The molecule has 0 aliphatic carbocycles. The summed E-state index contributed by atoms with van der Waals surface area (Å²) in [5.41, 5.74) is -0.0372. The number of benzene rings is 1. The van der Waals surface area contributed by atoms with Gasteiger partial charge in [0.15, 0.2) is 0 Å². The standard InChI is InChI=1S/C8H6O4.2C4H6O/c9-7(10)5-2-1-3-6(4-5)8(11)12;2*1-3-5-4-2/h1-4H,(H,9,10)(H,11,12);2*3-4H,1-2H2. The van der Waals surface area contributed by atoms with Gasteiger partial charge in [-0.1, -0.05) is 32.4 Å². The van der Waals surface area contributed by atoms with Crippen LogP contribution >= 0.6 is 0 Å². The first-order valence-electron chi connectivity index (χ1n) is 5.75. The van der Waals surface area contributed by atoms with Gasteiger partial charge in [0.05, 0.1) is 36.2 Å². The molecule has 0 aliphatic rings. The minimum absolute atomic E-state index is 0.0186. The molecule has 0 amide bonds. The van der Waals surface area contributed by atoms with Crippen molar-refractivity contribution < 1.29 is 29.3 Å². The van der Waals surface area contributed by atoms with Crippen LogP contribution in [0.2, 0.25) is 0 Å². The highest BCUT2D eigenvalue weighted by Crippen LogP contribution is 2.04. The second-order valence-corrected chi connectivity index (χ2v) is 3.13. The zero-order chi connectivity index (χ0) is 17.4. The largest absolute Gasteiger partial charge is 0.478 e. The Balaban J connectivity index is 0. The predicted molar refractivity (Wildman–Crippen MR) is 83.3 cm³/mol. The maximum Gasteiger partial charge on any atom is 0.335 e. The van der Waals surface area contributed by atoms with E-state index in [2.05, 4.69) is 35.8 Å². The molecule has 22 heavy (non-hydrogen) atoms. The zero-order valence-electron chi connectivity index (χ0n) is 12.0. The van der Waals surface area contributed by atoms with E-state index in [9.17, 15) is 9.59 Å². The molecule has 0 unspecified atom stereocenters. The van der Waals surface area contributed by atoms with Gasteiger partial charge < -0.3 is 19.7 Å². The lowest BCUT2D eigenvalue weighted by Gasteiger charge is -1.95. The Morgan fingerprint density at radius 3 is 1.32 bits per heavy atom. The SMILES string of the molecule is C=COC=C.C=COC=C.O=C(O)c1cccc(C(=O)O)c1. The minimum Gasteiger partial charge on any atom is -0.478 e. The quantitative estimate of drug-likeness (QED) is 0.779. The number of hydrogen-bond acceptors (Lipinski definition) is 4. The third kappa shape index (κ3) is 11.8. The van der Waals surface area contributed by atoms with Crippen LogP contribution in [-0.2, 0) is 9.47 Å². The van der Waals surface area contributed by atoms with E-state index in [0.29, 0.717) is 0 Å². The van der Waals surface area contributed by atoms with Crippen molar-refractivity contribution >= 4 is 11.9 Å². The van der Waals surface area contributed by atoms with Crippen LogP contribution in [0.15, 0.2) is 75.6 Å². The van der Waals surface area contributed by atoms with Crippen molar-refractivity contribution in [2.24, 2.45) is 0 Å². The van der Waals surface area contributed by atoms with Gasteiger partial charge in [-0.3, -0.25) is 0 Å². The van der Waals surface area contributed by atoms with Crippen LogP contribution in [0.25, 0.3) is 0 Å². The van der Waals surface area contributed by atoms with E-state index in [0.717, 1.165) is 6.07 Å². The van der Waals surface area contributed by atoms with Gasteiger partial charge in [-0.05, 0) is 18.2 Å². The summed E-state index contributed by atoms with van der Waals surface area (Å²) in [4.78, 5) is 20.8. The highest BCUT2D eigenvalue weighted by Gasteiger charge is 2.06. The molecule has 0 aromatic heterocycles. The molecule has 0 spiro atoms. The molecule has 0 bridgehead atoms. The molecule has 6 heteroatoms. The van der Waals surface area contributed by atoms with Crippen LogP contribution < -0.4 is 0 Å². The van der Waals surface area contributed by atoms with E-state index in [-0.39, 0.29) is 11.1 Å². The molecule has 0 aliphatic heterocycles. The highest BCUT2D eigenvalue weighted by atomic mass is 16.5. The van der Waals surface area contributed by atoms with Crippen LogP contribution in [0.5, 0.6) is 0 Å². The van der Waals surface area contributed by atoms with Gasteiger partial charge in [-0.2, -0.15) is 0 Å². The molecule has 0 heterocycles. The Morgan fingerprint density at radius 1 is 0.818 bits per heavy atom. The summed E-state index contributed by atoms with van der Waals surface area (Å²) in [6.45, 7) is 13.0. The van der Waals surface area contributed by atoms with Crippen LogP contribution in [-0.4, -0.2) is 22.2 Å². The van der Waals surface area contributed by atoms with Crippen molar-refractivity contribution in [3.05, 3.63) is 86.8 Å². The van der Waals surface area contributed by atoms with E-state index in [1.54, 1.807) is 0 Å². The molecule has 0 atom stereocenters. The first kappa shape index (κ1) is 21.0. The molecular formula is C16H18O6. The molecular weight excluding hydrogens is 288 g/mol. The van der Waals surface area contributed by atoms with Gasteiger partial charge >= 0.3 is 11.9 Å². The summed E-state index contributed by atoms with van der Waals surface area (Å²) in [7, 11) is 0. The average molecular weight is 306 g/mol. The number of rotatable bonds is 6. The molecule has 0 saturated heterocycles. The van der Waals surface area contributed by atoms with E-state index in [1.807, 2.05) is 0 Å². The molecule has 1 rings (SSSR count). The molecule has 0 fully saturated rings. The lowest BCUT2D eigenvalue weighted by atomic mass is 10.1. The fourth-order valence-corrected chi connectivity index (χ4v) is 0.921. The van der Waals surface area contributed by atoms with Crippen LogP contribution in [0.3, 0.4) is 0 Å². The molecule has 0 radical (unpaired) electrons. The number of ether oxygens (including phenoxy) is 2. The lowest BCUT2D eigenvalue weighted by molar-refractivity contribution is 0.0696. The molecule has 118 valence electrons. The Hall–Kier alpha value is -3.28. The van der Waals surface area contributed by atoms with Crippen LogP contribution in [0, 0.1) is 0 Å². The van der Waals surface area contributed by atoms with Crippen molar-refractivity contribution in [2.45, 2.75) is 0 Å².